The summed E-state index contributed by atoms with van der Waals surface area (Å²) in [6.45, 7) is 2.61. The molecule has 100 valence electrons. The molecule has 0 spiro atoms. The van der Waals surface area contributed by atoms with E-state index in [2.05, 4.69) is 31.9 Å². The molecule has 0 radical (unpaired) electrons. The Balaban J connectivity index is 2.18. The summed E-state index contributed by atoms with van der Waals surface area (Å²) in [5.41, 5.74) is 1.20. The summed E-state index contributed by atoms with van der Waals surface area (Å²) < 4.78 is 12.2. The molecule has 0 amide bonds. The Labute approximate surface area is 130 Å². The summed E-state index contributed by atoms with van der Waals surface area (Å²) in [5.74, 6) is 2.37. The molecule has 2 nitrogen and oxygen atoms in total. The van der Waals surface area contributed by atoms with E-state index >= 15 is 0 Å². The molecule has 0 aromatic heterocycles. The molecular formula is C15H14Br2O2. The van der Waals surface area contributed by atoms with E-state index < -0.39 is 0 Å². The van der Waals surface area contributed by atoms with Gasteiger partial charge in [0.05, 0.1) is 11.1 Å². The van der Waals surface area contributed by atoms with Crippen molar-refractivity contribution in [3.05, 3.63) is 52.5 Å². The molecule has 0 fully saturated rings. The Bertz CT molecular complexity index is 556. The van der Waals surface area contributed by atoms with Gasteiger partial charge in [0.1, 0.15) is 17.2 Å². The van der Waals surface area contributed by atoms with Crippen LogP contribution in [0, 0.1) is 0 Å². The van der Waals surface area contributed by atoms with Gasteiger partial charge in [0.25, 0.3) is 0 Å². The van der Waals surface area contributed by atoms with Crippen molar-refractivity contribution >= 4 is 31.9 Å². The first-order valence-corrected chi connectivity index (χ1v) is 7.89. The lowest BCUT2D eigenvalue weighted by Crippen LogP contribution is -1.92. The monoisotopic (exact) mass is 384 g/mol. The second-order valence-corrected chi connectivity index (χ2v) is 5.32. The number of benzene rings is 2. The van der Waals surface area contributed by atoms with Gasteiger partial charge in [-0.05, 0) is 52.7 Å². The molecule has 0 bridgehead atoms. The van der Waals surface area contributed by atoms with Gasteiger partial charge in [-0.1, -0.05) is 28.1 Å². The van der Waals surface area contributed by atoms with Gasteiger partial charge >= 0.3 is 0 Å². The zero-order valence-electron chi connectivity index (χ0n) is 10.5. The Morgan fingerprint density at radius 1 is 1.05 bits per heavy atom. The number of alkyl halides is 1. The van der Waals surface area contributed by atoms with E-state index in [0.717, 1.165) is 27.1 Å². The Kier molecular flexibility index (Phi) is 5.28. The SMILES string of the molecule is CCOc1cccc(Oc2ccc(CBr)cc2Br)c1. The molecule has 0 heterocycles. The molecule has 2 aromatic rings. The third kappa shape index (κ3) is 3.98. The highest BCUT2D eigenvalue weighted by Gasteiger charge is 2.05. The maximum Gasteiger partial charge on any atom is 0.141 e. The molecule has 2 rings (SSSR count). The fourth-order valence-corrected chi connectivity index (χ4v) is 2.49. The lowest BCUT2D eigenvalue weighted by Gasteiger charge is -2.10. The maximum atomic E-state index is 5.85. The van der Waals surface area contributed by atoms with E-state index in [0.29, 0.717) is 6.61 Å². The van der Waals surface area contributed by atoms with E-state index in [1.165, 1.54) is 5.56 Å². The van der Waals surface area contributed by atoms with Crippen LogP contribution >= 0.6 is 31.9 Å². The molecule has 0 N–H and O–H groups in total. The van der Waals surface area contributed by atoms with Crippen LogP contribution in [0.4, 0.5) is 0 Å². The first-order valence-electron chi connectivity index (χ1n) is 5.98. The predicted molar refractivity (Wildman–Crippen MR) is 84.5 cm³/mol. The van der Waals surface area contributed by atoms with E-state index in [-0.39, 0.29) is 0 Å². The first kappa shape index (κ1) is 14.4. The van der Waals surface area contributed by atoms with Crippen LogP contribution in [0.25, 0.3) is 0 Å². The van der Waals surface area contributed by atoms with Crippen LogP contribution in [0.5, 0.6) is 17.2 Å². The van der Waals surface area contributed by atoms with Crippen molar-refractivity contribution in [1.29, 1.82) is 0 Å². The van der Waals surface area contributed by atoms with E-state index in [1.807, 2.05) is 49.4 Å². The highest BCUT2D eigenvalue weighted by molar-refractivity contribution is 9.10. The third-order valence-corrected chi connectivity index (χ3v) is 3.76. The summed E-state index contributed by atoms with van der Waals surface area (Å²) in [6, 6.07) is 13.6. The molecule has 19 heavy (non-hydrogen) atoms. The van der Waals surface area contributed by atoms with Gasteiger partial charge in [0.2, 0.25) is 0 Å². The van der Waals surface area contributed by atoms with Crippen LogP contribution < -0.4 is 9.47 Å². The smallest absolute Gasteiger partial charge is 0.141 e. The molecule has 0 aliphatic heterocycles. The van der Waals surface area contributed by atoms with Crippen molar-refractivity contribution in [2.45, 2.75) is 12.3 Å². The standard InChI is InChI=1S/C15H14Br2O2/c1-2-18-12-4-3-5-13(9-12)19-15-7-6-11(10-16)8-14(15)17/h3-9H,2,10H2,1H3. The number of halogens is 2. The van der Waals surface area contributed by atoms with Gasteiger partial charge in [0, 0.05) is 11.4 Å². The van der Waals surface area contributed by atoms with Gasteiger partial charge < -0.3 is 9.47 Å². The van der Waals surface area contributed by atoms with Crippen molar-refractivity contribution in [2.75, 3.05) is 6.61 Å². The minimum Gasteiger partial charge on any atom is -0.494 e. The minimum atomic E-state index is 0.646. The van der Waals surface area contributed by atoms with Crippen LogP contribution in [-0.2, 0) is 5.33 Å². The highest BCUT2D eigenvalue weighted by Crippen LogP contribution is 2.32. The number of ether oxygens (including phenoxy) is 2. The van der Waals surface area contributed by atoms with Crippen LogP contribution in [0.15, 0.2) is 46.9 Å². The minimum absolute atomic E-state index is 0.646. The van der Waals surface area contributed by atoms with E-state index in [1.54, 1.807) is 0 Å². The topological polar surface area (TPSA) is 18.5 Å². The van der Waals surface area contributed by atoms with Crippen molar-refractivity contribution in [2.24, 2.45) is 0 Å². The Morgan fingerprint density at radius 2 is 1.84 bits per heavy atom. The summed E-state index contributed by atoms with van der Waals surface area (Å²) >= 11 is 6.95. The van der Waals surface area contributed by atoms with Crippen LogP contribution in [0.3, 0.4) is 0 Å². The normalized spacial score (nSPS) is 10.3. The molecule has 0 saturated heterocycles. The van der Waals surface area contributed by atoms with Crippen molar-refractivity contribution in [3.8, 4) is 17.2 Å². The zero-order valence-corrected chi connectivity index (χ0v) is 13.7. The Morgan fingerprint density at radius 3 is 2.53 bits per heavy atom. The molecule has 0 atom stereocenters. The van der Waals surface area contributed by atoms with Gasteiger partial charge in [0.15, 0.2) is 0 Å². The first-order chi connectivity index (χ1) is 9.22. The number of rotatable bonds is 5. The van der Waals surface area contributed by atoms with E-state index in [4.69, 9.17) is 9.47 Å². The zero-order chi connectivity index (χ0) is 13.7. The average molecular weight is 386 g/mol. The fourth-order valence-electron chi connectivity index (χ4n) is 1.63. The largest absolute Gasteiger partial charge is 0.494 e. The van der Waals surface area contributed by atoms with E-state index in [9.17, 15) is 0 Å². The van der Waals surface area contributed by atoms with Gasteiger partial charge in [-0.2, -0.15) is 0 Å². The lowest BCUT2D eigenvalue weighted by atomic mass is 10.2. The van der Waals surface area contributed by atoms with Gasteiger partial charge in [-0.25, -0.2) is 0 Å². The molecular weight excluding hydrogens is 372 g/mol. The van der Waals surface area contributed by atoms with Crippen molar-refractivity contribution < 1.29 is 9.47 Å². The molecule has 0 unspecified atom stereocenters. The second-order valence-electron chi connectivity index (χ2n) is 3.91. The average Bonchev–Trinajstić information content (AvgIpc) is 2.42. The molecule has 0 aliphatic rings. The predicted octanol–water partition coefficient (Wildman–Crippen LogP) is 5.54. The maximum absolute atomic E-state index is 5.85. The Hall–Kier alpha value is -1.000. The highest BCUT2D eigenvalue weighted by atomic mass is 79.9. The third-order valence-electron chi connectivity index (χ3n) is 2.49. The van der Waals surface area contributed by atoms with Crippen molar-refractivity contribution in [3.63, 3.8) is 0 Å². The summed E-state index contributed by atoms with van der Waals surface area (Å²) in [4.78, 5) is 0. The molecule has 2 aromatic carbocycles. The number of hydrogen-bond donors (Lipinski definition) is 0. The van der Waals surface area contributed by atoms with Crippen molar-refractivity contribution in [1.82, 2.24) is 0 Å². The number of hydrogen-bond acceptors (Lipinski definition) is 2. The van der Waals surface area contributed by atoms with Crippen LogP contribution in [0.2, 0.25) is 0 Å². The summed E-state index contributed by atoms with van der Waals surface area (Å²) in [5, 5.41) is 0.825. The van der Waals surface area contributed by atoms with Crippen LogP contribution in [-0.4, -0.2) is 6.61 Å². The fraction of sp³-hybridized carbons (Fsp3) is 0.200. The molecule has 0 saturated carbocycles. The summed E-state index contributed by atoms with van der Waals surface area (Å²) in [6.07, 6.45) is 0. The van der Waals surface area contributed by atoms with Crippen LogP contribution in [0.1, 0.15) is 12.5 Å². The second kappa shape index (κ2) is 6.96. The molecule has 0 aliphatic carbocycles. The lowest BCUT2D eigenvalue weighted by molar-refractivity contribution is 0.338. The van der Waals surface area contributed by atoms with Gasteiger partial charge in [-0.15, -0.1) is 0 Å². The summed E-state index contributed by atoms with van der Waals surface area (Å²) in [7, 11) is 0. The van der Waals surface area contributed by atoms with Gasteiger partial charge in [-0.3, -0.25) is 0 Å². The molecule has 4 heteroatoms. The quantitative estimate of drug-likeness (QED) is 0.629.